The third-order valence-electron chi connectivity index (χ3n) is 12.9. The van der Waals surface area contributed by atoms with Gasteiger partial charge in [0.05, 0.1) is 25.4 Å². The Labute approximate surface area is 398 Å². The van der Waals surface area contributed by atoms with Crippen molar-refractivity contribution in [2.45, 2.75) is 309 Å². The van der Waals surface area contributed by atoms with Crippen molar-refractivity contribution < 1.29 is 24.5 Å². The largest absolute Gasteiger partial charge is 0.466 e. The van der Waals surface area contributed by atoms with Crippen LogP contribution in [-0.2, 0) is 14.3 Å². The molecule has 0 saturated heterocycles. The van der Waals surface area contributed by atoms with Gasteiger partial charge in [0.1, 0.15) is 0 Å². The fourth-order valence-corrected chi connectivity index (χ4v) is 8.53. The number of carbonyl (C=O) groups is 2. The lowest BCUT2D eigenvalue weighted by Gasteiger charge is -2.22. The number of esters is 1. The van der Waals surface area contributed by atoms with Crippen LogP contribution < -0.4 is 5.32 Å². The summed E-state index contributed by atoms with van der Waals surface area (Å²) in [5, 5.41) is 23.2. The molecule has 3 N–H and O–H groups in total. The lowest BCUT2D eigenvalue weighted by Crippen LogP contribution is -2.45. The Bertz CT molecular complexity index is 1040. The number of hydrogen-bond acceptors (Lipinski definition) is 5. The highest BCUT2D eigenvalue weighted by molar-refractivity contribution is 5.76. The smallest absolute Gasteiger partial charge is 0.305 e. The number of hydrogen-bond donors (Lipinski definition) is 3. The molecule has 0 aliphatic heterocycles. The van der Waals surface area contributed by atoms with Crippen LogP contribution in [0.15, 0.2) is 36.5 Å². The van der Waals surface area contributed by atoms with E-state index >= 15 is 0 Å². The molecule has 2 unspecified atom stereocenters. The summed E-state index contributed by atoms with van der Waals surface area (Å²) in [6, 6.07) is -0.547. The average Bonchev–Trinajstić information content (AvgIpc) is 3.29. The molecule has 0 heterocycles. The second-order valence-electron chi connectivity index (χ2n) is 19.3. The monoisotopic (exact) mass is 900 g/mol. The quantitative estimate of drug-likeness (QED) is 0.0321. The first kappa shape index (κ1) is 62.1. The van der Waals surface area contributed by atoms with E-state index in [1.165, 1.54) is 212 Å². The lowest BCUT2D eigenvalue weighted by atomic mass is 10.0. The zero-order chi connectivity index (χ0) is 46.5. The fourth-order valence-electron chi connectivity index (χ4n) is 8.53. The molecule has 0 saturated carbocycles. The van der Waals surface area contributed by atoms with Crippen molar-refractivity contribution >= 4 is 11.9 Å². The molecule has 0 aromatic heterocycles. The van der Waals surface area contributed by atoms with Crippen LogP contribution in [0.3, 0.4) is 0 Å². The van der Waals surface area contributed by atoms with Gasteiger partial charge in [-0.25, -0.2) is 0 Å². The summed E-state index contributed by atoms with van der Waals surface area (Å²) in [5.74, 6) is -0.0528. The van der Waals surface area contributed by atoms with E-state index in [1.54, 1.807) is 0 Å². The van der Waals surface area contributed by atoms with Crippen molar-refractivity contribution in [2.75, 3.05) is 13.2 Å². The van der Waals surface area contributed by atoms with Gasteiger partial charge in [0.15, 0.2) is 0 Å². The first-order chi connectivity index (χ1) is 31.5. The van der Waals surface area contributed by atoms with E-state index < -0.39 is 12.1 Å². The van der Waals surface area contributed by atoms with Gasteiger partial charge in [-0.05, 0) is 77.0 Å². The predicted molar refractivity (Wildman–Crippen MR) is 278 cm³/mol. The summed E-state index contributed by atoms with van der Waals surface area (Å²) < 4.78 is 5.46. The normalized spacial score (nSPS) is 12.9. The SMILES string of the molecule is CCCC/C=C\C/C=C\CCCCCCCC(=O)OCCCCCCCCCCC/C=C\CCCCCCCCCC(=O)NC(CO)C(O)CCCCCCCCCCCCCCC. The van der Waals surface area contributed by atoms with Crippen LogP contribution in [-0.4, -0.2) is 47.4 Å². The number of nitrogens with one attached hydrogen (secondary N) is 1. The molecule has 6 heteroatoms. The Morgan fingerprint density at radius 1 is 0.438 bits per heavy atom. The average molecular weight is 901 g/mol. The molecule has 64 heavy (non-hydrogen) atoms. The number of aliphatic hydroxyl groups is 2. The molecular formula is C58H109NO5. The van der Waals surface area contributed by atoms with E-state index in [4.69, 9.17) is 4.74 Å². The maximum absolute atomic E-state index is 12.4. The van der Waals surface area contributed by atoms with Crippen LogP contribution >= 0.6 is 0 Å². The van der Waals surface area contributed by atoms with Gasteiger partial charge in [-0.3, -0.25) is 9.59 Å². The molecule has 0 aliphatic rings. The number of unbranched alkanes of at least 4 members (excludes halogenated alkanes) is 35. The fraction of sp³-hybridized carbons (Fsp3) is 0.862. The number of ether oxygens (including phenoxy) is 1. The summed E-state index contributed by atoms with van der Waals surface area (Å²) in [7, 11) is 0. The molecule has 0 aromatic rings. The van der Waals surface area contributed by atoms with E-state index in [-0.39, 0.29) is 18.5 Å². The number of carbonyl (C=O) groups excluding carboxylic acids is 2. The van der Waals surface area contributed by atoms with Crippen molar-refractivity contribution in [3.05, 3.63) is 36.5 Å². The Kier molecular flexibility index (Phi) is 52.1. The standard InChI is InChI=1S/C58H109NO5/c1-3-5-7-9-11-13-15-17-28-32-36-40-44-48-52-58(63)64-53-49-45-41-37-33-29-25-23-21-19-18-20-22-24-27-31-35-39-43-47-51-57(62)59-55(54-60)56(61)50-46-42-38-34-30-26-16-14-12-10-8-6-4-2/h9,11,15,17-18,20,55-56,60-61H,3-8,10,12-14,16,19,21-54H2,1-2H3,(H,59,62)/b11-9-,17-15-,20-18-. The van der Waals surface area contributed by atoms with E-state index in [2.05, 4.69) is 55.6 Å². The second kappa shape index (κ2) is 53.7. The molecule has 0 aliphatic carbocycles. The van der Waals surface area contributed by atoms with Gasteiger partial charge < -0.3 is 20.3 Å². The molecule has 0 radical (unpaired) electrons. The van der Waals surface area contributed by atoms with Crippen LogP contribution in [0.2, 0.25) is 0 Å². The Hall–Kier alpha value is -1.92. The third kappa shape index (κ3) is 49.5. The van der Waals surface area contributed by atoms with Crippen LogP contribution in [0, 0.1) is 0 Å². The molecule has 2 atom stereocenters. The van der Waals surface area contributed by atoms with Gasteiger partial charge in [-0.15, -0.1) is 0 Å². The molecule has 0 rings (SSSR count). The zero-order valence-corrected chi connectivity index (χ0v) is 42.8. The summed E-state index contributed by atoms with van der Waals surface area (Å²) in [4.78, 5) is 24.5. The number of rotatable bonds is 52. The maximum Gasteiger partial charge on any atom is 0.305 e. The first-order valence-electron chi connectivity index (χ1n) is 28.2. The van der Waals surface area contributed by atoms with Crippen molar-refractivity contribution in [3.63, 3.8) is 0 Å². The van der Waals surface area contributed by atoms with E-state index in [9.17, 15) is 19.8 Å². The highest BCUT2D eigenvalue weighted by atomic mass is 16.5. The Morgan fingerprint density at radius 2 is 0.797 bits per heavy atom. The topological polar surface area (TPSA) is 95.9 Å². The highest BCUT2D eigenvalue weighted by Gasteiger charge is 2.20. The van der Waals surface area contributed by atoms with Gasteiger partial charge in [0.2, 0.25) is 5.91 Å². The Morgan fingerprint density at radius 3 is 1.25 bits per heavy atom. The molecule has 0 bridgehead atoms. The molecule has 0 spiro atoms. The summed E-state index contributed by atoms with van der Waals surface area (Å²) >= 11 is 0. The van der Waals surface area contributed by atoms with Gasteiger partial charge in [-0.1, -0.05) is 243 Å². The lowest BCUT2D eigenvalue weighted by molar-refractivity contribution is -0.143. The van der Waals surface area contributed by atoms with Gasteiger partial charge >= 0.3 is 5.97 Å². The zero-order valence-electron chi connectivity index (χ0n) is 42.8. The molecule has 1 amide bonds. The van der Waals surface area contributed by atoms with Crippen LogP contribution in [0.4, 0.5) is 0 Å². The predicted octanol–water partition coefficient (Wildman–Crippen LogP) is 17.2. The summed E-state index contributed by atoms with van der Waals surface area (Å²) in [6.07, 6.45) is 65.6. The van der Waals surface area contributed by atoms with Crippen molar-refractivity contribution in [1.82, 2.24) is 5.32 Å². The molecule has 6 nitrogen and oxygen atoms in total. The summed E-state index contributed by atoms with van der Waals surface area (Å²) in [6.45, 7) is 4.89. The Balaban J connectivity index is 3.44. The molecule has 0 fully saturated rings. The minimum absolute atomic E-state index is 0.00871. The van der Waals surface area contributed by atoms with E-state index in [0.717, 1.165) is 51.4 Å². The van der Waals surface area contributed by atoms with Crippen LogP contribution in [0.5, 0.6) is 0 Å². The minimum Gasteiger partial charge on any atom is -0.466 e. The first-order valence-corrected chi connectivity index (χ1v) is 28.2. The van der Waals surface area contributed by atoms with Gasteiger partial charge in [-0.2, -0.15) is 0 Å². The van der Waals surface area contributed by atoms with Gasteiger partial charge in [0, 0.05) is 12.8 Å². The second-order valence-corrected chi connectivity index (χ2v) is 19.3. The number of allylic oxidation sites excluding steroid dienone is 6. The summed E-state index contributed by atoms with van der Waals surface area (Å²) in [5.41, 5.74) is 0. The molecule has 376 valence electrons. The van der Waals surface area contributed by atoms with Crippen molar-refractivity contribution in [3.8, 4) is 0 Å². The van der Waals surface area contributed by atoms with Crippen LogP contribution in [0.1, 0.15) is 296 Å². The molecule has 0 aromatic carbocycles. The van der Waals surface area contributed by atoms with Gasteiger partial charge in [0.25, 0.3) is 0 Å². The maximum atomic E-state index is 12.4. The minimum atomic E-state index is -0.669. The van der Waals surface area contributed by atoms with E-state index in [0.29, 0.717) is 25.9 Å². The number of aliphatic hydroxyl groups excluding tert-OH is 2. The third-order valence-corrected chi connectivity index (χ3v) is 12.9. The van der Waals surface area contributed by atoms with Crippen molar-refractivity contribution in [1.29, 1.82) is 0 Å². The molecular weight excluding hydrogens is 791 g/mol. The number of amides is 1. The highest BCUT2D eigenvalue weighted by Crippen LogP contribution is 2.16. The van der Waals surface area contributed by atoms with Crippen LogP contribution in [0.25, 0.3) is 0 Å². The van der Waals surface area contributed by atoms with Crippen molar-refractivity contribution in [2.24, 2.45) is 0 Å². The van der Waals surface area contributed by atoms with E-state index in [1.807, 2.05) is 0 Å².